The highest BCUT2D eigenvalue weighted by molar-refractivity contribution is 6.31. The van der Waals surface area contributed by atoms with Crippen LogP contribution in [0, 0.1) is 6.92 Å². The van der Waals surface area contributed by atoms with Crippen LogP contribution in [0.2, 0.25) is 10.0 Å². The predicted molar refractivity (Wildman–Crippen MR) is 122 cm³/mol. The molecule has 0 radical (unpaired) electrons. The molecule has 7 heteroatoms. The molecule has 0 atom stereocenters. The Hall–Kier alpha value is -3.54. The number of hydrogen-bond donors (Lipinski definition) is 0. The number of carbonyl (C=O) groups is 2. The Balaban J connectivity index is 1.42. The van der Waals surface area contributed by atoms with Gasteiger partial charge in [0.25, 0.3) is 0 Å². The number of fused-ring (bicyclic) bond motifs is 2. The van der Waals surface area contributed by atoms with Gasteiger partial charge in [0.2, 0.25) is 11.5 Å². The normalized spacial score (nSPS) is 14.0. The number of allylic oxidation sites excluding steroid dienone is 1. The second-order valence-electron chi connectivity index (χ2n) is 7.24. The fraction of sp³-hybridized carbons (Fsp3) is 0.0400. The molecular weight excluding hydrogens is 451 g/mol. The first-order chi connectivity index (χ1) is 15.4. The third-order valence-corrected chi connectivity index (χ3v) is 5.54. The summed E-state index contributed by atoms with van der Waals surface area (Å²) in [5.74, 6) is -0.0905. The van der Waals surface area contributed by atoms with Crippen molar-refractivity contribution >= 4 is 52.0 Å². The van der Waals surface area contributed by atoms with Crippen LogP contribution in [-0.4, -0.2) is 11.8 Å². The van der Waals surface area contributed by atoms with Gasteiger partial charge in [-0.25, -0.2) is 4.79 Å². The number of ether oxygens (including phenoxy) is 2. The van der Waals surface area contributed by atoms with Crippen LogP contribution in [-0.2, 0) is 0 Å². The van der Waals surface area contributed by atoms with E-state index in [2.05, 4.69) is 0 Å². The Morgan fingerprint density at radius 3 is 2.62 bits per heavy atom. The minimum Gasteiger partial charge on any atom is -0.452 e. The number of carbonyl (C=O) groups excluding carboxylic acids is 2. The number of esters is 1. The lowest BCUT2D eigenvalue weighted by molar-refractivity contribution is 0.0702. The summed E-state index contributed by atoms with van der Waals surface area (Å²) in [4.78, 5) is 25.4. The zero-order valence-corrected chi connectivity index (χ0v) is 18.2. The van der Waals surface area contributed by atoms with Crippen molar-refractivity contribution in [2.45, 2.75) is 6.92 Å². The minimum absolute atomic E-state index is 0.0423. The molecule has 0 N–H and O–H groups in total. The highest BCUT2D eigenvalue weighted by Gasteiger charge is 2.31. The third kappa shape index (κ3) is 3.66. The lowest BCUT2D eigenvalue weighted by atomic mass is 10.1. The van der Waals surface area contributed by atoms with Crippen molar-refractivity contribution < 1.29 is 23.5 Å². The Morgan fingerprint density at radius 2 is 1.81 bits per heavy atom. The van der Waals surface area contributed by atoms with E-state index >= 15 is 0 Å². The Morgan fingerprint density at radius 1 is 1.00 bits per heavy atom. The molecule has 0 amide bonds. The van der Waals surface area contributed by atoms with E-state index in [9.17, 15) is 9.59 Å². The molecule has 0 fully saturated rings. The molecule has 0 bridgehead atoms. The van der Waals surface area contributed by atoms with Gasteiger partial charge in [-0.15, -0.1) is 0 Å². The van der Waals surface area contributed by atoms with Gasteiger partial charge in [0.15, 0.2) is 5.76 Å². The van der Waals surface area contributed by atoms with Gasteiger partial charge in [-0.3, -0.25) is 4.79 Å². The van der Waals surface area contributed by atoms with Crippen LogP contribution in [0.5, 0.6) is 11.5 Å². The molecule has 158 valence electrons. The van der Waals surface area contributed by atoms with Crippen molar-refractivity contribution in [3.8, 4) is 11.5 Å². The molecule has 4 aromatic rings. The summed E-state index contributed by atoms with van der Waals surface area (Å²) >= 11 is 12.0. The molecule has 3 aromatic carbocycles. The fourth-order valence-corrected chi connectivity index (χ4v) is 3.87. The smallest absolute Gasteiger partial charge is 0.379 e. The summed E-state index contributed by atoms with van der Waals surface area (Å²) in [6.07, 6.45) is 1.62. The molecule has 0 spiro atoms. The number of halogens is 2. The average molecular weight is 465 g/mol. The van der Waals surface area contributed by atoms with E-state index in [0.29, 0.717) is 37.9 Å². The minimum atomic E-state index is -0.667. The van der Waals surface area contributed by atoms with E-state index in [0.717, 1.165) is 5.56 Å². The monoisotopic (exact) mass is 464 g/mol. The molecule has 5 rings (SSSR count). The van der Waals surface area contributed by atoms with Crippen molar-refractivity contribution in [2.75, 3.05) is 0 Å². The molecule has 1 aromatic heterocycles. The summed E-state index contributed by atoms with van der Waals surface area (Å²) in [7, 11) is 0. The molecule has 0 saturated carbocycles. The van der Waals surface area contributed by atoms with Gasteiger partial charge in [-0.1, -0.05) is 35.3 Å². The van der Waals surface area contributed by atoms with Crippen LogP contribution >= 0.6 is 23.2 Å². The number of rotatable bonds is 3. The van der Waals surface area contributed by atoms with E-state index in [1.54, 1.807) is 67.6 Å². The van der Waals surface area contributed by atoms with Gasteiger partial charge in [-0.2, -0.15) is 0 Å². The molecule has 2 heterocycles. The second kappa shape index (κ2) is 7.86. The van der Waals surface area contributed by atoms with Crippen molar-refractivity contribution in [3.05, 3.63) is 98.9 Å². The van der Waals surface area contributed by atoms with Crippen molar-refractivity contribution in [2.24, 2.45) is 0 Å². The topological polar surface area (TPSA) is 65.7 Å². The van der Waals surface area contributed by atoms with E-state index < -0.39 is 5.97 Å². The van der Waals surface area contributed by atoms with Gasteiger partial charge in [0, 0.05) is 21.0 Å². The molecule has 1 aliphatic heterocycles. The average Bonchev–Trinajstić information content (AvgIpc) is 3.32. The number of hydrogen-bond acceptors (Lipinski definition) is 5. The number of benzene rings is 3. The maximum absolute atomic E-state index is 12.8. The van der Waals surface area contributed by atoms with Gasteiger partial charge in [0.1, 0.15) is 17.1 Å². The molecule has 0 saturated heterocycles. The van der Waals surface area contributed by atoms with Gasteiger partial charge < -0.3 is 13.9 Å². The SMILES string of the molecule is Cc1c(OC(=O)c2cc3cc(Cl)ccc3o2)ccc2c1O/C(=C\c1cccc(Cl)c1)C2=O. The van der Waals surface area contributed by atoms with E-state index in [-0.39, 0.29) is 23.1 Å². The van der Waals surface area contributed by atoms with Crippen molar-refractivity contribution in [1.29, 1.82) is 0 Å². The first-order valence-electron chi connectivity index (χ1n) is 9.64. The van der Waals surface area contributed by atoms with E-state index in [4.69, 9.17) is 37.1 Å². The molecule has 32 heavy (non-hydrogen) atoms. The highest BCUT2D eigenvalue weighted by Crippen LogP contribution is 2.39. The van der Waals surface area contributed by atoms with E-state index in [1.807, 2.05) is 6.07 Å². The van der Waals surface area contributed by atoms with E-state index in [1.165, 1.54) is 0 Å². The lowest BCUT2D eigenvalue weighted by Gasteiger charge is -2.09. The van der Waals surface area contributed by atoms with Crippen LogP contribution in [0.1, 0.15) is 32.0 Å². The standard InChI is InChI=1S/C25H14Cl2O5/c1-13-19(32-25(29)22-12-15-11-17(27)5-7-20(15)30-22)8-6-18-23(28)21(31-24(13)18)10-14-3-2-4-16(26)9-14/h2-12H,1H3/b21-10-. The van der Waals surface area contributed by atoms with Crippen molar-refractivity contribution in [3.63, 3.8) is 0 Å². The number of furan rings is 1. The Kier molecular flexibility index (Phi) is 5.00. The van der Waals surface area contributed by atoms with Crippen LogP contribution in [0.25, 0.3) is 17.0 Å². The zero-order valence-electron chi connectivity index (χ0n) is 16.6. The number of ketones is 1. The van der Waals surface area contributed by atoms with Crippen LogP contribution < -0.4 is 9.47 Å². The highest BCUT2D eigenvalue weighted by atomic mass is 35.5. The first-order valence-corrected chi connectivity index (χ1v) is 10.4. The van der Waals surface area contributed by atoms with Gasteiger partial charge in [-0.05, 0) is 67.1 Å². The molecule has 1 aliphatic rings. The van der Waals surface area contributed by atoms with Crippen LogP contribution in [0.15, 0.2) is 70.8 Å². The summed E-state index contributed by atoms with van der Waals surface area (Å²) in [5, 5.41) is 1.79. The van der Waals surface area contributed by atoms with Gasteiger partial charge in [0.05, 0.1) is 5.56 Å². The molecule has 5 nitrogen and oxygen atoms in total. The first kappa shape index (κ1) is 20.4. The maximum Gasteiger partial charge on any atom is 0.379 e. The quantitative estimate of drug-likeness (QED) is 0.187. The van der Waals surface area contributed by atoms with Crippen LogP contribution in [0.3, 0.4) is 0 Å². The van der Waals surface area contributed by atoms with Gasteiger partial charge >= 0.3 is 5.97 Å². The fourth-order valence-electron chi connectivity index (χ4n) is 3.49. The summed E-state index contributed by atoms with van der Waals surface area (Å²) in [6.45, 7) is 1.72. The third-order valence-electron chi connectivity index (χ3n) is 5.07. The largest absolute Gasteiger partial charge is 0.452 e. The van der Waals surface area contributed by atoms with Crippen LogP contribution in [0.4, 0.5) is 0 Å². The number of Topliss-reactive ketones (excluding diaryl/α,β-unsaturated/α-hetero) is 1. The zero-order chi connectivity index (χ0) is 22.4. The second-order valence-corrected chi connectivity index (χ2v) is 8.12. The molecule has 0 aliphatic carbocycles. The predicted octanol–water partition coefficient (Wildman–Crippen LogP) is 6.88. The lowest BCUT2D eigenvalue weighted by Crippen LogP contribution is -2.08. The summed E-state index contributed by atoms with van der Waals surface area (Å²) in [6, 6.07) is 16.8. The Bertz CT molecular complexity index is 1450. The molecular formula is C25H14Cl2O5. The summed E-state index contributed by atoms with van der Waals surface area (Å²) in [5.41, 5.74) is 2.19. The Labute approximate surface area is 192 Å². The summed E-state index contributed by atoms with van der Waals surface area (Å²) < 4.78 is 16.9. The van der Waals surface area contributed by atoms with Crippen molar-refractivity contribution in [1.82, 2.24) is 0 Å². The molecule has 0 unspecified atom stereocenters. The maximum atomic E-state index is 12.8.